The van der Waals surface area contributed by atoms with E-state index in [1.165, 1.54) is 48.0 Å². The molecule has 0 unspecified atom stereocenters. The molecule has 516 valence electrons. The Morgan fingerprint density at radius 1 is 0.714 bits per heavy atom. The number of Topliss-reactive ketones (excluding diaryl/α,β-unsaturated/α-hetero) is 3. The second kappa shape index (κ2) is 33.3. The zero-order valence-electron chi connectivity index (χ0n) is 56.9. The van der Waals surface area contributed by atoms with E-state index in [4.69, 9.17) is 47.4 Å². The van der Waals surface area contributed by atoms with Crippen LogP contribution in [0.3, 0.4) is 0 Å². The fraction of sp³-hybridized carbons (Fsp3) is 0.761. The smallest absolute Gasteiger partial charge is 0.322 e. The van der Waals surface area contributed by atoms with Gasteiger partial charge in [-0.2, -0.15) is 0 Å². The van der Waals surface area contributed by atoms with Gasteiger partial charge in [-0.1, -0.05) is 89.1 Å². The molecule has 4 fully saturated rings. The Morgan fingerprint density at radius 2 is 1.32 bits per heavy atom. The Labute approximate surface area is 536 Å². The number of nitrogens with one attached hydrogen (secondary N) is 1. The summed E-state index contributed by atoms with van der Waals surface area (Å²) in [6.07, 6.45) is -3.27. The lowest BCUT2D eigenvalue weighted by Crippen LogP contribution is -2.61. The molecule has 6 N–H and O–H groups in total. The van der Waals surface area contributed by atoms with Crippen molar-refractivity contribution < 1.29 is 111 Å². The maximum Gasteiger partial charge on any atom is 0.322 e. The quantitative estimate of drug-likeness (QED) is 0.0631. The Kier molecular flexibility index (Phi) is 28.7. The van der Waals surface area contributed by atoms with Crippen LogP contribution in [0.25, 0.3) is 0 Å². The van der Waals surface area contributed by atoms with E-state index in [2.05, 4.69) is 5.32 Å². The van der Waals surface area contributed by atoms with Gasteiger partial charge in [0, 0.05) is 72.0 Å². The third-order valence-corrected chi connectivity index (χ3v) is 18.8. The Hall–Kier alpha value is -5.12. The van der Waals surface area contributed by atoms with Crippen LogP contribution in [0.2, 0.25) is 0 Å². The molecule has 2 bridgehead atoms. The first kappa shape index (κ1) is 78.3. The van der Waals surface area contributed by atoms with Crippen LogP contribution in [-0.4, -0.2) is 196 Å². The van der Waals surface area contributed by atoms with E-state index in [0.29, 0.717) is 18.4 Å². The third kappa shape index (κ3) is 20.0. The molecule has 24 nitrogen and oxygen atoms in total. The van der Waals surface area contributed by atoms with Gasteiger partial charge >= 0.3 is 23.9 Å². The molecule has 1 aliphatic carbocycles. The minimum atomic E-state index is -1.99. The molecular weight excluding hydrogens is 1190 g/mol. The molecule has 0 aromatic rings. The minimum Gasteiger partial charge on any atom is -0.461 e. The van der Waals surface area contributed by atoms with E-state index in [1.807, 2.05) is 19.9 Å². The van der Waals surface area contributed by atoms with Gasteiger partial charge < -0.3 is 78.2 Å². The molecule has 4 saturated heterocycles. The summed E-state index contributed by atoms with van der Waals surface area (Å²) in [5.74, 6) is -11.3. The van der Waals surface area contributed by atoms with Crippen LogP contribution in [0.4, 0.5) is 0 Å². The van der Waals surface area contributed by atoms with Crippen LogP contribution >= 0.6 is 0 Å². The number of esters is 4. The van der Waals surface area contributed by atoms with E-state index in [-0.39, 0.29) is 25.4 Å². The highest BCUT2D eigenvalue weighted by Gasteiger charge is 2.57. The van der Waals surface area contributed by atoms with E-state index < -0.39 is 197 Å². The molecule has 0 spiro atoms. The summed E-state index contributed by atoms with van der Waals surface area (Å²) >= 11 is 0. The van der Waals surface area contributed by atoms with Crippen LogP contribution in [-0.2, 0) is 85.7 Å². The molecular formula is C67H105NO23. The number of ketones is 3. The summed E-state index contributed by atoms with van der Waals surface area (Å²) in [5, 5.41) is 57.3. The predicted molar refractivity (Wildman–Crippen MR) is 330 cm³/mol. The lowest BCUT2D eigenvalue weighted by molar-refractivity contribution is -0.313. The molecule has 0 saturated carbocycles. The topological polar surface area (TPSA) is 342 Å². The zero-order chi connectivity index (χ0) is 69.1. The molecule has 6 aliphatic rings. The van der Waals surface area contributed by atoms with Gasteiger partial charge in [-0.3, -0.25) is 38.4 Å². The number of carbonyl (C=O) groups excluding carboxylic acids is 8. The van der Waals surface area contributed by atoms with Gasteiger partial charge in [0.15, 0.2) is 30.3 Å². The van der Waals surface area contributed by atoms with Gasteiger partial charge in [0.05, 0.1) is 72.6 Å². The first-order valence-corrected chi connectivity index (χ1v) is 31.7. The maximum atomic E-state index is 14.6. The Morgan fingerprint density at radius 3 is 1.89 bits per heavy atom. The molecule has 1 amide bonds. The number of allylic oxidation sites excluding steroid dienone is 4. The highest BCUT2D eigenvalue weighted by molar-refractivity contribution is 6.35. The molecule has 0 radical (unpaired) electrons. The summed E-state index contributed by atoms with van der Waals surface area (Å²) in [6, 6.07) is -1.15. The van der Waals surface area contributed by atoms with Gasteiger partial charge in [-0.15, -0.1) is 0 Å². The minimum absolute atomic E-state index is 0.0298. The maximum absolute atomic E-state index is 14.6. The van der Waals surface area contributed by atoms with Crippen LogP contribution in [0, 0.1) is 46.8 Å². The molecule has 5 heterocycles. The number of methoxy groups -OCH3 is 2. The lowest BCUT2D eigenvalue weighted by Gasteiger charge is -2.48. The van der Waals surface area contributed by atoms with Crippen molar-refractivity contribution in [1.82, 2.24) is 5.32 Å². The van der Waals surface area contributed by atoms with Crippen molar-refractivity contribution in [3.8, 4) is 0 Å². The predicted octanol–water partition coefficient (Wildman–Crippen LogP) is 5.22. The fourth-order valence-corrected chi connectivity index (χ4v) is 13.0. The summed E-state index contributed by atoms with van der Waals surface area (Å²) in [5.41, 5.74) is -3.43. The second-order valence-electron chi connectivity index (χ2n) is 26.7. The summed E-state index contributed by atoms with van der Waals surface area (Å²) in [6.45, 7) is 28.5. The highest BCUT2D eigenvalue weighted by atomic mass is 16.7. The average molecular weight is 1290 g/mol. The van der Waals surface area contributed by atoms with Crippen molar-refractivity contribution in [3.63, 3.8) is 0 Å². The van der Waals surface area contributed by atoms with Crippen molar-refractivity contribution in [3.05, 3.63) is 47.6 Å². The monoisotopic (exact) mass is 1290 g/mol. The molecule has 5 aliphatic heterocycles. The summed E-state index contributed by atoms with van der Waals surface area (Å²) < 4.78 is 60.6. The highest BCUT2D eigenvalue weighted by Crippen LogP contribution is 2.43. The van der Waals surface area contributed by atoms with E-state index in [1.54, 1.807) is 100 Å². The fourth-order valence-electron chi connectivity index (χ4n) is 13.0. The molecule has 91 heavy (non-hydrogen) atoms. The number of fused-ring (bicyclic) bond motifs is 10. The Bertz CT molecular complexity index is 2670. The van der Waals surface area contributed by atoms with Crippen molar-refractivity contribution >= 4 is 47.1 Å². The number of aliphatic hydroxyl groups excluding tert-OH is 4. The molecule has 0 aromatic heterocycles. The van der Waals surface area contributed by atoms with E-state index >= 15 is 0 Å². The second-order valence-corrected chi connectivity index (χ2v) is 26.7. The van der Waals surface area contributed by atoms with Gasteiger partial charge in [0.25, 0.3) is 5.91 Å². The van der Waals surface area contributed by atoms with Crippen molar-refractivity contribution in [1.29, 1.82) is 0 Å². The van der Waals surface area contributed by atoms with Crippen molar-refractivity contribution in [2.45, 2.75) is 266 Å². The average Bonchev–Trinajstić information content (AvgIpc) is 0.844. The van der Waals surface area contributed by atoms with Gasteiger partial charge in [-0.25, -0.2) is 0 Å². The number of aliphatic hydroxyl groups is 5. The molecule has 26 atom stereocenters. The summed E-state index contributed by atoms with van der Waals surface area (Å²) in [4.78, 5) is 104. The van der Waals surface area contributed by atoms with Gasteiger partial charge in [-0.05, 0) is 81.1 Å². The lowest BCUT2D eigenvalue weighted by atomic mass is 9.69. The number of hydrogen-bond acceptors (Lipinski definition) is 23. The number of cyclic esters (lactones) is 1. The number of hydrogen-bond donors (Lipinski definition) is 6. The van der Waals surface area contributed by atoms with Gasteiger partial charge in [0.2, 0.25) is 5.78 Å². The standard InChI is InChI=1S/C42H72O16.C25H33NO7/c1-19-17-41(12,49)37(47)24(6)35(54-28(10)44)23(5)34(21(3)26(8)43)57-39(48)25(7)36(22(4)33(19)58-40-32(46)30(50-14)16-20(2)52-40)56-31-18-42(13,51-15)38(27(9)53-31)55-29(11)45;1-14-6-9-18(28)10-8-15(2)12-21(26-23(31)17(4)27)25(5)22(30)16(3)20(33-24(25)32)13-19(29)11-7-14/h19-27,30-36,38,40,43,46,49H,16-18H2,1-15H3;6-8,10-12,16,18-21,28-29H,9,13H2,1-5H3,(H,26,31)/b;10-8+,11-7+,14-6+,15-12+/t19-,20+,21-,22+,23-,24+,25+,26-,27-,30-,31-,32+,33-,34+,35-,36-,38+,40-,41-,42+;16-,18+,19-,20-,21-,25+/m01/s1. The first-order valence-electron chi connectivity index (χ1n) is 31.7. The van der Waals surface area contributed by atoms with Crippen molar-refractivity contribution in [2.75, 3.05) is 14.2 Å². The van der Waals surface area contributed by atoms with Gasteiger partial charge in [0.1, 0.15) is 41.0 Å². The van der Waals surface area contributed by atoms with E-state index in [0.717, 1.165) is 12.5 Å². The third-order valence-electron chi connectivity index (χ3n) is 18.8. The van der Waals surface area contributed by atoms with Crippen LogP contribution < -0.4 is 5.32 Å². The van der Waals surface area contributed by atoms with Crippen LogP contribution in [0.5, 0.6) is 0 Å². The number of amides is 1. The molecule has 24 heteroatoms. The SMILES string of the molecule is CC(=O)C(=O)N[C@@H]1/C=C(C)/C=C/[C@@H](O)C/C=C(C)/C=C/[C@@H](O)C[C@H]2OC(=O)[C@]1(C)C(=O)[C@@H]2C.CO[C@H]1C[C@@H](C)O[C@@H](O[C@@H]2[C@@H](C)[C@H](O[C@H]3C[C@@](C)(OC)[C@H](OC(C)=O)[C@H](C)O3)[C@@H](C)C(=O)O[C@H]([C@@H](C)[C@H](C)O)[C@H](C)[C@H](OC(C)=O)[C@@H](C)C(=O)[C@@](C)(O)C[C@@H]2C)[C@@H]1O. The van der Waals surface area contributed by atoms with Crippen LogP contribution in [0.15, 0.2) is 47.6 Å². The summed E-state index contributed by atoms with van der Waals surface area (Å²) in [7, 11) is 2.98. The number of carbonyl (C=O) groups is 8. The zero-order valence-corrected chi connectivity index (χ0v) is 56.9. The first-order chi connectivity index (χ1) is 42.1. The molecule has 6 rings (SSSR count). The van der Waals surface area contributed by atoms with Crippen LogP contribution in [0.1, 0.15) is 157 Å². The largest absolute Gasteiger partial charge is 0.461 e. The van der Waals surface area contributed by atoms with Crippen molar-refractivity contribution in [2.24, 2.45) is 46.8 Å². The Balaban J connectivity index is 0.000000452. The van der Waals surface area contributed by atoms with E-state index in [9.17, 15) is 63.9 Å². The normalized spacial score (nSPS) is 42.5. The number of rotatable bonds is 12. The molecule has 0 aromatic carbocycles. The number of ether oxygens (including phenoxy) is 10.